The Bertz CT molecular complexity index is 142. The van der Waals surface area contributed by atoms with E-state index in [4.69, 9.17) is 0 Å². The normalized spacial score (nSPS) is 19.0. The molecule has 0 bridgehead atoms. The zero-order chi connectivity index (χ0) is 10.2. The molecule has 0 aromatic rings. The van der Waals surface area contributed by atoms with E-state index in [0.717, 1.165) is 0 Å². The summed E-state index contributed by atoms with van der Waals surface area (Å²) in [5.74, 6) is -3.96. The molecule has 0 rings (SSSR count). The molecule has 1 atom stereocenters. The van der Waals surface area contributed by atoms with Crippen molar-refractivity contribution < 1.29 is 26.7 Å². The van der Waals surface area contributed by atoms with Crippen molar-refractivity contribution in [2.45, 2.75) is 31.5 Å². The van der Waals surface area contributed by atoms with Gasteiger partial charge in [0.25, 0.3) is 5.92 Å². The van der Waals surface area contributed by atoms with Gasteiger partial charge in [0.2, 0.25) is 5.60 Å². The van der Waals surface area contributed by atoms with Crippen molar-refractivity contribution in [2.24, 2.45) is 0 Å². The largest absolute Gasteiger partial charge is 0.423 e. The molecule has 0 aliphatic carbocycles. The molecule has 0 aliphatic rings. The van der Waals surface area contributed by atoms with Crippen LogP contribution < -0.4 is 0 Å². The molecule has 0 heterocycles. The van der Waals surface area contributed by atoms with Crippen molar-refractivity contribution in [3.63, 3.8) is 0 Å². The Morgan fingerprint density at radius 1 is 0.917 bits per heavy atom. The lowest BCUT2D eigenvalue weighted by Gasteiger charge is -2.35. The van der Waals surface area contributed by atoms with E-state index < -0.39 is 17.7 Å². The molecule has 74 valence electrons. The number of hydrogen-bond donors (Lipinski definition) is 0. The molecule has 0 aromatic heterocycles. The van der Waals surface area contributed by atoms with Crippen LogP contribution in [0.3, 0.4) is 0 Å². The van der Waals surface area contributed by atoms with Crippen molar-refractivity contribution in [1.82, 2.24) is 0 Å². The van der Waals surface area contributed by atoms with Crippen LogP contribution in [0.15, 0.2) is 0 Å². The van der Waals surface area contributed by atoms with Crippen LogP contribution in [0.1, 0.15) is 13.8 Å². The van der Waals surface area contributed by atoms with Crippen LogP contribution in [0.2, 0.25) is 0 Å². The highest BCUT2D eigenvalue weighted by Crippen LogP contribution is 2.43. The SMILES string of the molecule is COC(C)(C(C)(F)F)C(F)(F)F. The van der Waals surface area contributed by atoms with Crippen molar-refractivity contribution in [3.05, 3.63) is 0 Å². The number of ether oxygens (including phenoxy) is 1. The fourth-order valence-electron chi connectivity index (χ4n) is 0.544. The van der Waals surface area contributed by atoms with E-state index in [1.54, 1.807) is 0 Å². The maximum Gasteiger partial charge on any atom is 0.423 e. The topological polar surface area (TPSA) is 9.23 Å². The summed E-state index contributed by atoms with van der Waals surface area (Å²) < 4.78 is 64.6. The van der Waals surface area contributed by atoms with Crippen LogP contribution in [0.5, 0.6) is 0 Å². The third-order valence-electron chi connectivity index (χ3n) is 1.79. The van der Waals surface area contributed by atoms with E-state index in [-0.39, 0.29) is 6.92 Å². The van der Waals surface area contributed by atoms with E-state index in [9.17, 15) is 22.0 Å². The van der Waals surface area contributed by atoms with Gasteiger partial charge in [-0.1, -0.05) is 0 Å². The van der Waals surface area contributed by atoms with Gasteiger partial charge in [0.15, 0.2) is 0 Å². The van der Waals surface area contributed by atoms with Crippen LogP contribution >= 0.6 is 0 Å². The lowest BCUT2D eigenvalue weighted by molar-refractivity contribution is -0.327. The minimum absolute atomic E-state index is 0.171. The first-order valence-corrected chi connectivity index (χ1v) is 3.06. The maximum atomic E-state index is 12.4. The second-order valence-corrected chi connectivity index (χ2v) is 2.62. The summed E-state index contributed by atoms with van der Waals surface area (Å²) in [4.78, 5) is 0. The summed E-state index contributed by atoms with van der Waals surface area (Å²) >= 11 is 0. The van der Waals surface area contributed by atoms with Crippen LogP contribution in [-0.4, -0.2) is 24.8 Å². The quantitative estimate of drug-likeness (QED) is 0.611. The molecule has 0 amide bonds. The lowest BCUT2D eigenvalue weighted by atomic mass is 9.99. The molecule has 1 nitrogen and oxygen atoms in total. The summed E-state index contributed by atoms with van der Waals surface area (Å²) in [5, 5.41) is 0. The van der Waals surface area contributed by atoms with E-state index in [1.165, 1.54) is 0 Å². The highest BCUT2D eigenvalue weighted by atomic mass is 19.4. The summed E-state index contributed by atoms with van der Waals surface area (Å²) in [6.07, 6.45) is -5.08. The predicted octanol–water partition coefficient (Wildman–Crippen LogP) is 2.61. The van der Waals surface area contributed by atoms with Crippen molar-refractivity contribution in [2.75, 3.05) is 7.11 Å². The highest BCUT2D eigenvalue weighted by molar-refractivity contribution is 4.94. The first kappa shape index (κ1) is 11.6. The summed E-state index contributed by atoms with van der Waals surface area (Å²) in [5.41, 5.74) is -3.42. The minimum Gasteiger partial charge on any atom is -0.364 e. The average Bonchev–Trinajstić information content (AvgIpc) is 1.81. The third-order valence-corrected chi connectivity index (χ3v) is 1.79. The van der Waals surface area contributed by atoms with Gasteiger partial charge in [0, 0.05) is 14.0 Å². The Balaban J connectivity index is 4.95. The fraction of sp³-hybridized carbons (Fsp3) is 1.00. The second kappa shape index (κ2) is 2.83. The first-order chi connectivity index (χ1) is 5.06. The van der Waals surface area contributed by atoms with E-state index in [1.807, 2.05) is 0 Å². The van der Waals surface area contributed by atoms with Crippen LogP contribution in [0, 0.1) is 0 Å². The van der Waals surface area contributed by atoms with Gasteiger partial charge in [-0.2, -0.15) is 13.2 Å². The number of halogens is 5. The molecule has 12 heavy (non-hydrogen) atoms. The van der Waals surface area contributed by atoms with Gasteiger partial charge in [-0.25, -0.2) is 8.78 Å². The smallest absolute Gasteiger partial charge is 0.364 e. The summed E-state index contributed by atoms with van der Waals surface area (Å²) in [6.45, 7) is 0.483. The Hall–Kier alpha value is -0.390. The predicted molar refractivity (Wildman–Crippen MR) is 32.1 cm³/mol. The molecule has 0 aliphatic heterocycles. The molecule has 1 unspecified atom stereocenters. The molecule has 0 spiro atoms. The highest BCUT2D eigenvalue weighted by Gasteiger charge is 2.64. The van der Waals surface area contributed by atoms with Crippen molar-refractivity contribution >= 4 is 0 Å². The number of alkyl halides is 5. The van der Waals surface area contributed by atoms with Gasteiger partial charge in [-0.05, 0) is 6.92 Å². The van der Waals surface area contributed by atoms with E-state index >= 15 is 0 Å². The Labute approximate surface area is 66.5 Å². The first-order valence-electron chi connectivity index (χ1n) is 3.06. The number of hydrogen-bond acceptors (Lipinski definition) is 1. The maximum absolute atomic E-state index is 12.4. The number of methoxy groups -OCH3 is 1. The average molecular weight is 192 g/mol. The lowest BCUT2D eigenvalue weighted by Crippen LogP contribution is -2.56. The van der Waals surface area contributed by atoms with Gasteiger partial charge in [-0.15, -0.1) is 0 Å². The molecule has 0 aromatic carbocycles. The molecule has 0 fully saturated rings. The molecule has 6 heteroatoms. The van der Waals surface area contributed by atoms with Gasteiger partial charge in [0.1, 0.15) is 0 Å². The van der Waals surface area contributed by atoms with E-state index in [0.29, 0.717) is 14.0 Å². The zero-order valence-electron chi connectivity index (χ0n) is 6.80. The van der Waals surface area contributed by atoms with Crippen LogP contribution in [0.4, 0.5) is 22.0 Å². The van der Waals surface area contributed by atoms with E-state index in [2.05, 4.69) is 4.74 Å². The number of rotatable bonds is 2. The van der Waals surface area contributed by atoms with Gasteiger partial charge >= 0.3 is 6.18 Å². The van der Waals surface area contributed by atoms with Gasteiger partial charge < -0.3 is 4.74 Å². The zero-order valence-corrected chi connectivity index (χ0v) is 6.80. The van der Waals surface area contributed by atoms with Crippen LogP contribution in [-0.2, 0) is 4.74 Å². The molecule has 0 N–H and O–H groups in total. The molecule has 0 saturated heterocycles. The van der Waals surface area contributed by atoms with Crippen molar-refractivity contribution in [1.29, 1.82) is 0 Å². The van der Waals surface area contributed by atoms with Crippen molar-refractivity contribution in [3.8, 4) is 0 Å². The van der Waals surface area contributed by atoms with Gasteiger partial charge in [0.05, 0.1) is 0 Å². The Morgan fingerprint density at radius 2 is 1.25 bits per heavy atom. The molecule has 0 saturated carbocycles. The summed E-state index contributed by atoms with van der Waals surface area (Å²) in [7, 11) is 0.602. The third kappa shape index (κ3) is 1.68. The molecule has 0 radical (unpaired) electrons. The molecular weight excluding hydrogens is 183 g/mol. The van der Waals surface area contributed by atoms with Gasteiger partial charge in [-0.3, -0.25) is 0 Å². The molecular formula is C6H9F5O. The van der Waals surface area contributed by atoms with Crippen LogP contribution in [0.25, 0.3) is 0 Å². The fourth-order valence-corrected chi connectivity index (χ4v) is 0.544. The second-order valence-electron chi connectivity index (χ2n) is 2.62. The summed E-state index contributed by atoms with van der Waals surface area (Å²) in [6, 6.07) is 0. The standard InChI is InChI=1S/C6H9F5O/c1-4(12-3,5(2,7)8)6(9,10)11/h1-3H3. The Morgan fingerprint density at radius 3 is 1.25 bits per heavy atom. The Kier molecular flexibility index (Phi) is 2.74. The minimum atomic E-state index is -5.08. The monoisotopic (exact) mass is 192 g/mol.